The lowest BCUT2D eigenvalue weighted by Gasteiger charge is -2.28. The number of rotatable bonds is 6. The number of aliphatic hydroxyl groups excluding tert-OH is 2. The van der Waals surface area contributed by atoms with Crippen LogP contribution in [0, 0.1) is 19.8 Å². The number of aryl methyl sites for hydroxylation is 2. The van der Waals surface area contributed by atoms with Crippen molar-refractivity contribution < 1.29 is 15.3 Å². The summed E-state index contributed by atoms with van der Waals surface area (Å²) < 4.78 is 1.02. The van der Waals surface area contributed by atoms with Crippen LogP contribution >= 0.6 is 11.3 Å². The molecular formula is C22H30N6O3S. The highest BCUT2D eigenvalue weighted by atomic mass is 32.1. The Morgan fingerprint density at radius 3 is 2.50 bits per heavy atom. The van der Waals surface area contributed by atoms with E-state index in [1.165, 1.54) is 11.3 Å². The maximum absolute atomic E-state index is 10.7. The van der Waals surface area contributed by atoms with Crippen LogP contribution in [0.4, 0.5) is 11.8 Å². The first-order valence-corrected chi connectivity index (χ1v) is 11.6. The van der Waals surface area contributed by atoms with Crippen LogP contribution in [0.25, 0.3) is 20.8 Å². The molecule has 1 saturated carbocycles. The van der Waals surface area contributed by atoms with Crippen LogP contribution in [0.1, 0.15) is 38.6 Å². The molecule has 4 atom stereocenters. The molecule has 0 bridgehead atoms. The number of pyridine rings is 1. The highest BCUT2D eigenvalue weighted by Crippen LogP contribution is 2.40. The monoisotopic (exact) mass is 458 g/mol. The molecule has 1 aliphatic rings. The molecule has 3 aromatic rings. The van der Waals surface area contributed by atoms with Crippen molar-refractivity contribution in [2.24, 2.45) is 5.92 Å². The molecule has 5 N–H and O–H groups in total. The quantitative estimate of drug-likeness (QED) is 0.377. The Labute approximate surface area is 191 Å². The van der Waals surface area contributed by atoms with E-state index in [1.54, 1.807) is 20.0 Å². The molecular weight excluding hydrogens is 428 g/mol. The molecule has 10 heteroatoms. The van der Waals surface area contributed by atoms with Gasteiger partial charge in [-0.25, -0.2) is 9.97 Å². The van der Waals surface area contributed by atoms with Gasteiger partial charge in [0.2, 0.25) is 5.95 Å². The Kier molecular flexibility index (Phi) is 6.06. The fourth-order valence-electron chi connectivity index (χ4n) is 4.31. The molecule has 172 valence electrons. The summed E-state index contributed by atoms with van der Waals surface area (Å²) in [6.45, 7) is 9.76. The maximum Gasteiger partial charge on any atom is 0.224 e. The molecule has 0 aromatic carbocycles. The van der Waals surface area contributed by atoms with Gasteiger partial charge in [-0.3, -0.25) is 4.98 Å². The third kappa shape index (κ3) is 4.15. The van der Waals surface area contributed by atoms with Gasteiger partial charge in [-0.1, -0.05) is 0 Å². The van der Waals surface area contributed by atoms with E-state index in [0.29, 0.717) is 24.7 Å². The number of hydrogen-bond acceptors (Lipinski definition) is 10. The minimum Gasteiger partial charge on any atom is -0.390 e. The fourth-order valence-corrected chi connectivity index (χ4v) is 5.42. The van der Waals surface area contributed by atoms with Crippen LogP contribution in [0.15, 0.2) is 12.3 Å². The molecule has 9 nitrogen and oxygen atoms in total. The van der Waals surface area contributed by atoms with E-state index in [2.05, 4.69) is 25.6 Å². The van der Waals surface area contributed by atoms with Crippen LogP contribution in [-0.4, -0.2) is 65.7 Å². The molecule has 3 heterocycles. The van der Waals surface area contributed by atoms with Crippen molar-refractivity contribution in [3.05, 3.63) is 23.7 Å². The molecule has 0 amide bonds. The maximum atomic E-state index is 10.7. The SMILES string of the molecule is CCNc1nc(C)c(-c2nc3c(C)nccc3s2)c(NC2C[C@H](C(C)(C)O)[C@@H](O)[C@H]2O)n1. The van der Waals surface area contributed by atoms with Gasteiger partial charge in [-0.2, -0.15) is 4.98 Å². The molecule has 32 heavy (non-hydrogen) atoms. The smallest absolute Gasteiger partial charge is 0.224 e. The predicted octanol–water partition coefficient (Wildman–Crippen LogP) is 2.49. The zero-order chi connectivity index (χ0) is 23.2. The van der Waals surface area contributed by atoms with Crippen LogP contribution in [0.2, 0.25) is 0 Å². The largest absolute Gasteiger partial charge is 0.390 e. The van der Waals surface area contributed by atoms with Gasteiger partial charge in [-0.15, -0.1) is 11.3 Å². The van der Waals surface area contributed by atoms with Gasteiger partial charge in [-0.05, 0) is 47.1 Å². The average Bonchev–Trinajstić information content (AvgIpc) is 3.25. The van der Waals surface area contributed by atoms with Crippen molar-refractivity contribution >= 4 is 33.3 Å². The number of thiazole rings is 1. The molecule has 1 fully saturated rings. The molecule has 4 rings (SSSR count). The van der Waals surface area contributed by atoms with Crippen molar-refractivity contribution in [1.82, 2.24) is 19.9 Å². The summed E-state index contributed by atoms with van der Waals surface area (Å²) in [7, 11) is 0. The number of hydrogen-bond donors (Lipinski definition) is 5. The first-order chi connectivity index (χ1) is 15.1. The van der Waals surface area contributed by atoms with Crippen molar-refractivity contribution in [2.75, 3.05) is 17.2 Å². The van der Waals surface area contributed by atoms with Gasteiger partial charge in [0.25, 0.3) is 0 Å². The van der Waals surface area contributed by atoms with E-state index < -0.39 is 29.8 Å². The van der Waals surface area contributed by atoms with Crippen LogP contribution in [-0.2, 0) is 0 Å². The predicted molar refractivity (Wildman–Crippen MR) is 126 cm³/mol. The number of nitrogens with one attached hydrogen (secondary N) is 2. The van der Waals surface area contributed by atoms with E-state index in [1.807, 2.05) is 26.8 Å². The van der Waals surface area contributed by atoms with E-state index in [9.17, 15) is 15.3 Å². The fraction of sp³-hybridized carbons (Fsp3) is 0.545. The third-order valence-corrected chi connectivity index (χ3v) is 7.08. The van der Waals surface area contributed by atoms with Gasteiger partial charge >= 0.3 is 0 Å². The lowest BCUT2D eigenvalue weighted by atomic mass is 9.88. The third-order valence-electron chi connectivity index (χ3n) is 6.04. The summed E-state index contributed by atoms with van der Waals surface area (Å²) >= 11 is 1.53. The van der Waals surface area contributed by atoms with Crippen LogP contribution < -0.4 is 10.6 Å². The number of aliphatic hydroxyl groups is 3. The van der Waals surface area contributed by atoms with Gasteiger partial charge in [0.1, 0.15) is 22.4 Å². The van der Waals surface area contributed by atoms with Gasteiger partial charge in [0.05, 0.1) is 39.4 Å². The summed E-state index contributed by atoms with van der Waals surface area (Å²) in [4.78, 5) is 18.4. The number of aromatic nitrogens is 4. The van der Waals surface area contributed by atoms with Crippen molar-refractivity contribution in [2.45, 2.75) is 64.9 Å². The average molecular weight is 459 g/mol. The number of anilines is 2. The summed E-state index contributed by atoms with van der Waals surface area (Å²) in [6, 6.07) is 1.45. The zero-order valence-corrected chi connectivity index (χ0v) is 19.7. The second kappa shape index (κ2) is 8.51. The summed E-state index contributed by atoms with van der Waals surface area (Å²) in [5.74, 6) is 0.541. The molecule has 1 aliphatic carbocycles. The first kappa shape index (κ1) is 22.8. The normalized spacial score (nSPS) is 23.6. The minimum absolute atomic E-state index is 0.397. The number of fused-ring (bicyclic) bond motifs is 1. The summed E-state index contributed by atoms with van der Waals surface area (Å²) in [5, 5.41) is 38.9. The van der Waals surface area contributed by atoms with Gasteiger partial charge < -0.3 is 26.0 Å². The second-order valence-corrected chi connectivity index (χ2v) is 9.91. The second-order valence-electron chi connectivity index (χ2n) is 8.88. The lowest BCUT2D eigenvalue weighted by Crippen LogP contribution is -2.40. The van der Waals surface area contributed by atoms with Gasteiger partial charge in [0, 0.05) is 18.7 Å². The molecule has 3 aromatic heterocycles. The topological polar surface area (TPSA) is 136 Å². The Bertz CT molecular complexity index is 1130. The van der Waals surface area contributed by atoms with Crippen molar-refractivity contribution in [3.8, 4) is 10.6 Å². The Hall–Kier alpha value is -2.40. The molecule has 0 radical (unpaired) electrons. The Morgan fingerprint density at radius 2 is 1.88 bits per heavy atom. The molecule has 1 unspecified atom stereocenters. The zero-order valence-electron chi connectivity index (χ0n) is 18.9. The number of nitrogens with zero attached hydrogens (tertiary/aromatic N) is 4. The van der Waals surface area contributed by atoms with E-state index >= 15 is 0 Å². The molecule has 0 spiro atoms. The minimum atomic E-state index is -1.12. The summed E-state index contributed by atoms with van der Waals surface area (Å²) in [6.07, 6.45) is 0.0826. The van der Waals surface area contributed by atoms with Crippen molar-refractivity contribution in [3.63, 3.8) is 0 Å². The van der Waals surface area contributed by atoms with E-state index in [-0.39, 0.29) is 0 Å². The lowest BCUT2D eigenvalue weighted by molar-refractivity contribution is -0.0601. The molecule has 0 aliphatic heterocycles. The van der Waals surface area contributed by atoms with Gasteiger partial charge in [0.15, 0.2) is 0 Å². The molecule has 0 saturated heterocycles. The van der Waals surface area contributed by atoms with E-state index in [0.717, 1.165) is 32.2 Å². The standard InChI is InChI=1S/C22H30N6O3S/c1-6-23-21-25-10(2)15(20-27-16-11(3)24-8-7-14(16)32-20)19(28-21)26-13-9-12(22(4,5)31)17(29)18(13)30/h7-8,12-13,17-18,29-31H,6,9H2,1-5H3,(H2,23,25,26,28)/t12-,13?,17+,18-/m0/s1. The highest BCUT2D eigenvalue weighted by Gasteiger charge is 2.47. The van der Waals surface area contributed by atoms with Crippen molar-refractivity contribution in [1.29, 1.82) is 0 Å². The highest BCUT2D eigenvalue weighted by molar-refractivity contribution is 7.21. The van der Waals surface area contributed by atoms with Crippen LogP contribution in [0.3, 0.4) is 0 Å². The first-order valence-electron chi connectivity index (χ1n) is 10.8. The van der Waals surface area contributed by atoms with E-state index in [4.69, 9.17) is 4.98 Å². The summed E-state index contributed by atoms with van der Waals surface area (Å²) in [5.41, 5.74) is 2.07. The van der Waals surface area contributed by atoms with Crippen LogP contribution in [0.5, 0.6) is 0 Å². The Morgan fingerprint density at radius 1 is 1.12 bits per heavy atom. The Balaban J connectivity index is 1.77.